The van der Waals surface area contributed by atoms with Gasteiger partial charge in [-0.1, -0.05) is 41.7 Å². The van der Waals surface area contributed by atoms with Gasteiger partial charge in [0.2, 0.25) is 0 Å². The molecule has 2 rings (SSSR count). The SMILES string of the molecule is CCOC(=O)c1sc(NC(C)c2ccccc2)nc1C. The smallest absolute Gasteiger partial charge is 0.350 e. The number of aromatic nitrogens is 1. The van der Waals surface area contributed by atoms with Crippen LogP contribution in [0.15, 0.2) is 30.3 Å². The number of nitrogens with one attached hydrogen (secondary N) is 1. The minimum Gasteiger partial charge on any atom is -0.462 e. The highest BCUT2D eigenvalue weighted by Gasteiger charge is 2.17. The van der Waals surface area contributed by atoms with Gasteiger partial charge in [0.1, 0.15) is 4.88 Å². The molecule has 1 heterocycles. The van der Waals surface area contributed by atoms with Gasteiger partial charge < -0.3 is 10.1 Å². The number of anilines is 1. The van der Waals surface area contributed by atoms with E-state index < -0.39 is 0 Å². The van der Waals surface area contributed by atoms with Crippen molar-refractivity contribution >= 4 is 22.4 Å². The maximum Gasteiger partial charge on any atom is 0.350 e. The Morgan fingerprint density at radius 1 is 1.40 bits per heavy atom. The molecule has 1 atom stereocenters. The Kier molecular flexibility index (Phi) is 4.74. The van der Waals surface area contributed by atoms with Crippen molar-refractivity contribution in [3.05, 3.63) is 46.5 Å². The fourth-order valence-corrected chi connectivity index (χ4v) is 2.80. The first-order valence-electron chi connectivity index (χ1n) is 6.57. The Morgan fingerprint density at radius 2 is 2.10 bits per heavy atom. The number of nitrogens with zero attached hydrogens (tertiary/aromatic N) is 1. The van der Waals surface area contributed by atoms with Crippen molar-refractivity contribution in [2.75, 3.05) is 11.9 Å². The van der Waals surface area contributed by atoms with E-state index in [1.54, 1.807) is 6.92 Å². The monoisotopic (exact) mass is 290 g/mol. The number of carbonyl (C=O) groups is 1. The minimum absolute atomic E-state index is 0.136. The Hall–Kier alpha value is -1.88. The van der Waals surface area contributed by atoms with Gasteiger partial charge in [0.05, 0.1) is 18.3 Å². The van der Waals surface area contributed by atoms with E-state index in [0.717, 1.165) is 5.13 Å². The van der Waals surface area contributed by atoms with E-state index in [4.69, 9.17) is 4.74 Å². The molecule has 0 radical (unpaired) electrons. The largest absolute Gasteiger partial charge is 0.462 e. The summed E-state index contributed by atoms with van der Waals surface area (Å²) in [5, 5.41) is 4.05. The lowest BCUT2D eigenvalue weighted by molar-refractivity contribution is 0.0531. The molecule has 0 aliphatic rings. The highest BCUT2D eigenvalue weighted by atomic mass is 32.1. The molecule has 20 heavy (non-hydrogen) atoms. The lowest BCUT2D eigenvalue weighted by atomic mass is 10.1. The minimum atomic E-state index is -0.303. The van der Waals surface area contributed by atoms with Crippen LogP contribution in [0, 0.1) is 6.92 Å². The van der Waals surface area contributed by atoms with Crippen LogP contribution < -0.4 is 5.32 Å². The van der Waals surface area contributed by atoms with Gasteiger partial charge >= 0.3 is 5.97 Å². The number of rotatable bonds is 5. The van der Waals surface area contributed by atoms with Crippen molar-refractivity contribution in [2.24, 2.45) is 0 Å². The molecular formula is C15H18N2O2S. The van der Waals surface area contributed by atoms with Gasteiger partial charge in [-0.3, -0.25) is 0 Å². The van der Waals surface area contributed by atoms with Crippen LogP contribution in [-0.2, 0) is 4.74 Å². The number of hydrogen-bond donors (Lipinski definition) is 1. The summed E-state index contributed by atoms with van der Waals surface area (Å²) in [6.45, 7) is 6.06. The van der Waals surface area contributed by atoms with Gasteiger partial charge in [0.25, 0.3) is 0 Å². The maximum absolute atomic E-state index is 11.8. The molecule has 0 bridgehead atoms. The Morgan fingerprint density at radius 3 is 2.75 bits per heavy atom. The number of carbonyl (C=O) groups excluding carboxylic acids is 1. The standard InChI is InChI=1S/C15H18N2O2S/c1-4-19-14(18)13-11(3)17-15(20-13)16-10(2)12-8-6-5-7-9-12/h5-10H,4H2,1-3H3,(H,16,17). The van der Waals surface area contributed by atoms with E-state index in [2.05, 4.69) is 29.4 Å². The van der Waals surface area contributed by atoms with Gasteiger partial charge in [-0.2, -0.15) is 0 Å². The second-order valence-corrected chi connectivity index (χ2v) is 5.43. The third-order valence-corrected chi connectivity index (χ3v) is 3.97. The summed E-state index contributed by atoms with van der Waals surface area (Å²) in [7, 11) is 0. The summed E-state index contributed by atoms with van der Waals surface area (Å²) in [6.07, 6.45) is 0. The number of benzene rings is 1. The van der Waals surface area contributed by atoms with E-state index in [-0.39, 0.29) is 12.0 Å². The maximum atomic E-state index is 11.8. The number of esters is 1. The van der Waals surface area contributed by atoms with E-state index in [1.165, 1.54) is 16.9 Å². The predicted octanol–water partition coefficient (Wildman–Crippen LogP) is 3.80. The highest BCUT2D eigenvalue weighted by molar-refractivity contribution is 7.17. The highest BCUT2D eigenvalue weighted by Crippen LogP contribution is 2.27. The Balaban J connectivity index is 2.11. The van der Waals surface area contributed by atoms with E-state index in [9.17, 15) is 4.79 Å². The average Bonchev–Trinajstić information content (AvgIpc) is 2.81. The number of thiazole rings is 1. The van der Waals surface area contributed by atoms with Gasteiger partial charge in [-0.25, -0.2) is 9.78 Å². The van der Waals surface area contributed by atoms with Crippen molar-refractivity contribution in [1.29, 1.82) is 0 Å². The lowest BCUT2D eigenvalue weighted by Crippen LogP contribution is -2.05. The van der Waals surface area contributed by atoms with Gasteiger partial charge in [0.15, 0.2) is 5.13 Å². The summed E-state index contributed by atoms with van der Waals surface area (Å²) in [6, 6.07) is 10.3. The summed E-state index contributed by atoms with van der Waals surface area (Å²) in [5.41, 5.74) is 1.88. The first-order chi connectivity index (χ1) is 9.61. The van der Waals surface area contributed by atoms with Crippen LogP contribution in [0.3, 0.4) is 0 Å². The molecule has 1 aromatic heterocycles. The molecule has 1 N–H and O–H groups in total. The predicted molar refractivity (Wildman–Crippen MR) is 81.3 cm³/mol. The fourth-order valence-electron chi connectivity index (χ4n) is 1.85. The third kappa shape index (κ3) is 3.36. The average molecular weight is 290 g/mol. The normalized spacial score (nSPS) is 11.9. The molecule has 1 unspecified atom stereocenters. The Labute approximate surface area is 122 Å². The van der Waals surface area contributed by atoms with Crippen molar-refractivity contribution in [1.82, 2.24) is 4.98 Å². The fraction of sp³-hybridized carbons (Fsp3) is 0.333. The zero-order valence-corrected chi connectivity index (χ0v) is 12.7. The van der Waals surface area contributed by atoms with E-state index >= 15 is 0 Å². The first-order valence-corrected chi connectivity index (χ1v) is 7.39. The summed E-state index contributed by atoms with van der Waals surface area (Å²) in [4.78, 5) is 16.7. The summed E-state index contributed by atoms with van der Waals surface area (Å²) >= 11 is 1.33. The molecule has 0 fully saturated rings. The van der Waals surface area contributed by atoms with E-state index in [0.29, 0.717) is 17.2 Å². The molecule has 2 aromatic rings. The lowest BCUT2D eigenvalue weighted by Gasteiger charge is -2.12. The molecule has 0 aliphatic heterocycles. The van der Waals surface area contributed by atoms with Crippen LogP contribution >= 0.6 is 11.3 Å². The third-order valence-electron chi connectivity index (χ3n) is 2.90. The zero-order chi connectivity index (χ0) is 14.5. The van der Waals surface area contributed by atoms with Crippen molar-refractivity contribution < 1.29 is 9.53 Å². The number of hydrogen-bond acceptors (Lipinski definition) is 5. The molecular weight excluding hydrogens is 272 g/mol. The summed E-state index contributed by atoms with van der Waals surface area (Å²) < 4.78 is 5.02. The molecule has 1 aromatic carbocycles. The summed E-state index contributed by atoms with van der Waals surface area (Å²) in [5.74, 6) is -0.303. The quantitative estimate of drug-likeness (QED) is 0.851. The second kappa shape index (κ2) is 6.52. The zero-order valence-electron chi connectivity index (χ0n) is 11.8. The van der Waals surface area contributed by atoms with Gasteiger partial charge in [-0.05, 0) is 26.3 Å². The molecule has 4 nitrogen and oxygen atoms in total. The van der Waals surface area contributed by atoms with Crippen LogP contribution in [-0.4, -0.2) is 17.6 Å². The number of aryl methyl sites for hydroxylation is 1. The van der Waals surface area contributed by atoms with Crippen LogP contribution in [0.2, 0.25) is 0 Å². The van der Waals surface area contributed by atoms with Crippen LogP contribution in [0.5, 0.6) is 0 Å². The molecule has 0 saturated carbocycles. The first kappa shape index (κ1) is 14.5. The topological polar surface area (TPSA) is 51.2 Å². The van der Waals surface area contributed by atoms with Crippen molar-refractivity contribution in [2.45, 2.75) is 26.8 Å². The molecule has 0 saturated heterocycles. The van der Waals surface area contributed by atoms with E-state index in [1.807, 2.05) is 25.1 Å². The Bertz CT molecular complexity index is 581. The van der Waals surface area contributed by atoms with Crippen molar-refractivity contribution in [3.63, 3.8) is 0 Å². The molecule has 0 aliphatic carbocycles. The van der Waals surface area contributed by atoms with Crippen LogP contribution in [0.4, 0.5) is 5.13 Å². The van der Waals surface area contributed by atoms with Gasteiger partial charge in [-0.15, -0.1) is 0 Å². The van der Waals surface area contributed by atoms with Gasteiger partial charge in [0, 0.05) is 0 Å². The van der Waals surface area contributed by atoms with Crippen molar-refractivity contribution in [3.8, 4) is 0 Å². The van der Waals surface area contributed by atoms with Crippen LogP contribution in [0.1, 0.15) is 40.8 Å². The molecule has 106 valence electrons. The van der Waals surface area contributed by atoms with Crippen LogP contribution in [0.25, 0.3) is 0 Å². The molecule has 0 amide bonds. The second-order valence-electron chi connectivity index (χ2n) is 4.43. The molecule has 5 heteroatoms. The molecule has 0 spiro atoms. The number of ether oxygens (including phenoxy) is 1.